The third-order valence-electron chi connectivity index (χ3n) is 3.92. The minimum Gasteiger partial charge on any atom is -0.479 e. The smallest absolute Gasteiger partial charge is 0.410 e. The molecular formula is C16H29NO5. The van der Waals surface area contributed by atoms with Crippen LogP contribution >= 0.6 is 0 Å². The summed E-state index contributed by atoms with van der Waals surface area (Å²) in [5, 5.41) is 19.1. The van der Waals surface area contributed by atoms with Crippen LogP contribution in [0.3, 0.4) is 0 Å². The van der Waals surface area contributed by atoms with Crippen molar-refractivity contribution in [3.05, 3.63) is 0 Å². The molecule has 128 valence electrons. The number of nitrogens with zero attached hydrogens (tertiary/aromatic N) is 1. The molecule has 1 saturated heterocycles. The van der Waals surface area contributed by atoms with E-state index in [1.54, 1.807) is 25.7 Å². The molecule has 1 fully saturated rings. The molecule has 6 heteroatoms. The molecule has 1 aliphatic heterocycles. The lowest BCUT2D eigenvalue weighted by Gasteiger charge is -2.45. The summed E-state index contributed by atoms with van der Waals surface area (Å²) in [6.45, 7) is 11.3. The lowest BCUT2D eigenvalue weighted by Crippen LogP contribution is -2.54. The maximum absolute atomic E-state index is 12.4. The number of carbonyl (C=O) groups is 2. The van der Waals surface area contributed by atoms with Crippen LogP contribution in [0.4, 0.5) is 4.79 Å². The number of aliphatic hydroxyl groups is 1. The zero-order valence-corrected chi connectivity index (χ0v) is 14.5. The molecule has 1 rings (SSSR count). The van der Waals surface area contributed by atoms with E-state index in [9.17, 15) is 14.7 Å². The lowest BCUT2D eigenvalue weighted by molar-refractivity contribution is -0.159. The summed E-state index contributed by atoms with van der Waals surface area (Å²) in [6, 6.07) is -0.339. The molecule has 1 aliphatic rings. The van der Waals surface area contributed by atoms with E-state index in [1.165, 1.54) is 6.92 Å². The Morgan fingerprint density at radius 2 is 1.82 bits per heavy atom. The summed E-state index contributed by atoms with van der Waals surface area (Å²) in [6.07, 6.45) is 1.06. The molecule has 0 aromatic rings. The number of carboxylic acid groups (broad SMARTS) is 1. The van der Waals surface area contributed by atoms with Crippen molar-refractivity contribution >= 4 is 12.1 Å². The third-order valence-corrected chi connectivity index (χ3v) is 3.92. The lowest BCUT2D eigenvalue weighted by atomic mass is 9.79. The number of aliphatic carboxylic acids is 1. The maximum Gasteiger partial charge on any atom is 0.410 e. The van der Waals surface area contributed by atoms with E-state index in [0.29, 0.717) is 13.0 Å². The summed E-state index contributed by atoms with van der Waals surface area (Å²) in [5.74, 6) is -1.28. The average Bonchev–Trinajstić information content (AvgIpc) is 2.28. The minimum absolute atomic E-state index is 0.00233. The van der Waals surface area contributed by atoms with Crippen molar-refractivity contribution in [1.29, 1.82) is 0 Å². The predicted molar refractivity (Wildman–Crippen MR) is 82.6 cm³/mol. The molecule has 2 atom stereocenters. The van der Waals surface area contributed by atoms with E-state index in [-0.39, 0.29) is 17.9 Å². The Hall–Kier alpha value is -1.30. The standard InChI is InChI=1S/C16H29NO5/c1-14(2,3)22-13(20)17-10-15(4,5)8-7-11(17)9-16(6,21)12(18)19/h11,21H,7-10H2,1-6H3,(H,18,19). The molecule has 0 saturated carbocycles. The molecule has 22 heavy (non-hydrogen) atoms. The van der Waals surface area contributed by atoms with E-state index >= 15 is 0 Å². The number of rotatable bonds is 3. The first-order chi connectivity index (χ1) is 9.73. The fourth-order valence-corrected chi connectivity index (χ4v) is 2.68. The van der Waals surface area contributed by atoms with Crippen LogP contribution in [-0.2, 0) is 9.53 Å². The summed E-state index contributed by atoms with van der Waals surface area (Å²) in [7, 11) is 0. The summed E-state index contributed by atoms with van der Waals surface area (Å²) < 4.78 is 5.43. The third kappa shape index (κ3) is 5.16. The summed E-state index contributed by atoms with van der Waals surface area (Å²) >= 11 is 0. The Morgan fingerprint density at radius 1 is 1.27 bits per heavy atom. The van der Waals surface area contributed by atoms with Crippen molar-refractivity contribution in [3.8, 4) is 0 Å². The Morgan fingerprint density at radius 3 is 2.27 bits per heavy atom. The SMILES string of the molecule is CC1(C)CCC(CC(C)(O)C(=O)O)N(C(=O)OC(C)(C)C)C1. The van der Waals surface area contributed by atoms with E-state index in [0.717, 1.165) is 6.42 Å². The van der Waals surface area contributed by atoms with Gasteiger partial charge in [0.2, 0.25) is 0 Å². The Kier molecular flexibility index (Phi) is 5.17. The van der Waals surface area contributed by atoms with Crippen molar-refractivity contribution in [1.82, 2.24) is 4.90 Å². The van der Waals surface area contributed by atoms with E-state index in [1.807, 2.05) is 0 Å². The normalized spacial score (nSPS) is 24.5. The first kappa shape index (κ1) is 18.7. The van der Waals surface area contributed by atoms with Crippen LogP contribution in [0, 0.1) is 5.41 Å². The van der Waals surface area contributed by atoms with Crippen LogP contribution in [0.2, 0.25) is 0 Å². The highest BCUT2D eigenvalue weighted by molar-refractivity contribution is 5.76. The second kappa shape index (κ2) is 6.07. The van der Waals surface area contributed by atoms with Gasteiger partial charge in [-0.2, -0.15) is 0 Å². The number of hydrogen-bond acceptors (Lipinski definition) is 4. The van der Waals surface area contributed by atoms with Gasteiger partial charge in [0.25, 0.3) is 0 Å². The zero-order valence-electron chi connectivity index (χ0n) is 14.5. The van der Waals surface area contributed by atoms with Gasteiger partial charge in [0, 0.05) is 19.0 Å². The number of piperidine rings is 1. The zero-order chi connectivity index (χ0) is 17.3. The topological polar surface area (TPSA) is 87.1 Å². The number of carbonyl (C=O) groups excluding carboxylic acids is 1. The van der Waals surface area contributed by atoms with Crippen LogP contribution in [0.5, 0.6) is 0 Å². The molecule has 0 aromatic heterocycles. The molecule has 2 unspecified atom stereocenters. The number of carboxylic acids is 1. The molecule has 2 N–H and O–H groups in total. The van der Waals surface area contributed by atoms with Gasteiger partial charge in [-0.15, -0.1) is 0 Å². The monoisotopic (exact) mass is 315 g/mol. The van der Waals surface area contributed by atoms with Crippen LogP contribution < -0.4 is 0 Å². The van der Waals surface area contributed by atoms with Gasteiger partial charge in [0.15, 0.2) is 5.60 Å². The molecule has 6 nitrogen and oxygen atoms in total. The number of ether oxygens (including phenoxy) is 1. The molecule has 0 bridgehead atoms. The molecule has 0 spiro atoms. The molecule has 0 radical (unpaired) electrons. The van der Waals surface area contributed by atoms with E-state index in [2.05, 4.69) is 13.8 Å². The summed E-state index contributed by atoms with van der Waals surface area (Å²) in [4.78, 5) is 25.2. The minimum atomic E-state index is -1.85. The number of hydrogen-bond donors (Lipinski definition) is 2. The molecule has 0 aromatic carbocycles. The van der Waals surface area contributed by atoms with Gasteiger partial charge in [-0.1, -0.05) is 13.8 Å². The molecular weight excluding hydrogens is 286 g/mol. The van der Waals surface area contributed by atoms with Crippen molar-refractivity contribution in [2.24, 2.45) is 5.41 Å². The van der Waals surface area contributed by atoms with Gasteiger partial charge < -0.3 is 19.8 Å². The highest BCUT2D eigenvalue weighted by Gasteiger charge is 2.42. The molecule has 0 aliphatic carbocycles. The Labute approximate surface area is 132 Å². The number of amides is 1. The van der Waals surface area contributed by atoms with Crippen LogP contribution in [0.15, 0.2) is 0 Å². The van der Waals surface area contributed by atoms with Crippen LogP contribution in [0.25, 0.3) is 0 Å². The van der Waals surface area contributed by atoms with Crippen molar-refractivity contribution in [2.45, 2.75) is 78.0 Å². The van der Waals surface area contributed by atoms with E-state index in [4.69, 9.17) is 9.84 Å². The number of likely N-dealkylation sites (tertiary alicyclic amines) is 1. The van der Waals surface area contributed by atoms with Crippen molar-refractivity contribution < 1.29 is 24.5 Å². The highest BCUT2D eigenvalue weighted by atomic mass is 16.6. The van der Waals surface area contributed by atoms with E-state index < -0.39 is 23.3 Å². The van der Waals surface area contributed by atoms with Gasteiger partial charge in [-0.3, -0.25) is 0 Å². The average molecular weight is 315 g/mol. The predicted octanol–water partition coefficient (Wildman–Crippen LogP) is 2.64. The van der Waals surface area contributed by atoms with Crippen LogP contribution in [0.1, 0.15) is 60.8 Å². The van der Waals surface area contributed by atoms with Gasteiger partial charge in [0.05, 0.1) is 0 Å². The van der Waals surface area contributed by atoms with Gasteiger partial charge in [-0.05, 0) is 46.0 Å². The van der Waals surface area contributed by atoms with Crippen molar-refractivity contribution in [3.63, 3.8) is 0 Å². The van der Waals surface area contributed by atoms with Gasteiger partial charge in [0.1, 0.15) is 5.60 Å². The fourth-order valence-electron chi connectivity index (χ4n) is 2.68. The molecule has 1 amide bonds. The van der Waals surface area contributed by atoms with Crippen LogP contribution in [-0.4, -0.2) is 51.0 Å². The first-order valence-corrected chi connectivity index (χ1v) is 7.69. The maximum atomic E-state index is 12.4. The fraction of sp³-hybridized carbons (Fsp3) is 0.875. The van der Waals surface area contributed by atoms with Gasteiger partial charge >= 0.3 is 12.1 Å². The quantitative estimate of drug-likeness (QED) is 0.836. The largest absolute Gasteiger partial charge is 0.479 e. The first-order valence-electron chi connectivity index (χ1n) is 7.69. The van der Waals surface area contributed by atoms with Gasteiger partial charge in [-0.25, -0.2) is 9.59 Å². The highest BCUT2D eigenvalue weighted by Crippen LogP contribution is 2.35. The Balaban J connectivity index is 2.93. The molecule has 1 heterocycles. The second-order valence-electron chi connectivity index (χ2n) is 8.25. The van der Waals surface area contributed by atoms with Crippen molar-refractivity contribution in [2.75, 3.05) is 6.54 Å². The summed E-state index contributed by atoms with van der Waals surface area (Å²) in [5.41, 5.74) is -2.52. The second-order valence-corrected chi connectivity index (χ2v) is 8.25. The Bertz CT molecular complexity index is 436.